The Morgan fingerprint density at radius 3 is 2.15 bits per heavy atom. The second-order valence-electron chi connectivity index (χ2n) is 6.71. The maximum Gasteiger partial charge on any atom is 0.245 e. The van der Waals surface area contributed by atoms with E-state index in [1.165, 1.54) is 0 Å². The Balaban J connectivity index is 0.00000196. The number of β-amino-alcohol motifs (C(OH)–C–C–N with tert-alkyl or cyclic N) is 1. The molecule has 2 heterocycles. The fourth-order valence-electron chi connectivity index (χ4n) is 3.68. The van der Waals surface area contributed by atoms with Crippen molar-refractivity contribution in [3.63, 3.8) is 0 Å². The maximum atomic E-state index is 13.2. The number of hydrogen-bond acceptors (Lipinski definition) is 3. The molecule has 1 unspecified atom stereocenters. The summed E-state index contributed by atoms with van der Waals surface area (Å²) in [5, 5.41) is 9.89. The molecule has 1 fully saturated rings. The Morgan fingerprint density at radius 1 is 1.00 bits per heavy atom. The molecule has 0 bridgehead atoms. The normalized spacial score (nSPS) is 19.1. The van der Waals surface area contributed by atoms with Gasteiger partial charge in [0.15, 0.2) is 0 Å². The lowest BCUT2D eigenvalue weighted by molar-refractivity contribution is -0.119. The number of carbonyl (C=O) groups is 1. The third kappa shape index (κ3) is 3.68. The van der Waals surface area contributed by atoms with Crippen molar-refractivity contribution >= 4 is 41.8 Å². The number of anilines is 2. The van der Waals surface area contributed by atoms with Crippen molar-refractivity contribution < 1.29 is 9.90 Å². The number of aliphatic hydroxyl groups is 1. The first kappa shape index (κ1) is 18.6. The number of benzene rings is 2. The molecule has 0 spiro atoms. The molecule has 1 N–H and O–H groups in total. The monoisotopic (exact) mass is 370 g/mol. The molecule has 0 aliphatic carbocycles. The van der Waals surface area contributed by atoms with Gasteiger partial charge in [-0.2, -0.15) is 0 Å². The quantitative estimate of drug-likeness (QED) is 0.876. The number of halogens is 1. The molecule has 2 aromatic carbocycles. The van der Waals surface area contributed by atoms with Gasteiger partial charge in [-0.1, -0.05) is 48.6 Å². The van der Waals surface area contributed by atoms with Crippen molar-refractivity contribution in [2.45, 2.75) is 18.9 Å². The summed E-state index contributed by atoms with van der Waals surface area (Å²) in [6, 6.07) is 15.9. The SMILES string of the molecule is Cl.O=C(CN1CCCC(O)C1)N1c2ccccc2C=Cc2ccccc21. The van der Waals surface area contributed by atoms with E-state index in [-0.39, 0.29) is 24.4 Å². The van der Waals surface area contributed by atoms with Gasteiger partial charge in [0.1, 0.15) is 0 Å². The molecule has 2 aliphatic rings. The molecule has 136 valence electrons. The van der Waals surface area contributed by atoms with E-state index in [1.807, 2.05) is 53.4 Å². The first-order valence-electron chi connectivity index (χ1n) is 8.82. The molecular formula is C21H23ClN2O2. The van der Waals surface area contributed by atoms with Gasteiger partial charge in [-0.3, -0.25) is 14.6 Å². The Kier molecular flexibility index (Phi) is 5.77. The van der Waals surface area contributed by atoms with Gasteiger partial charge in [0.05, 0.1) is 24.0 Å². The number of nitrogens with zero attached hydrogens (tertiary/aromatic N) is 2. The highest BCUT2D eigenvalue weighted by Crippen LogP contribution is 2.36. The molecule has 0 saturated carbocycles. The molecule has 1 amide bonds. The second-order valence-corrected chi connectivity index (χ2v) is 6.71. The molecule has 5 heteroatoms. The zero-order valence-corrected chi connectivity index (χ0v) is 15.4. The Bertz CT molecular complexity index is 772. The molecule has 0 radical (unpaired) electrons. The first-order chi connectivity index (χ1) is 12.2. The van der Waals surface area contributed by atoms with Crippen LogP contribution in [0.3, 0.4) is 0 Å². The summed E-state index contributed by atoms with van der Waals surface area (Å²) in [5.41, 5.74) is 3.88. The van der Waals surface area contributed by atoms with Crippen LogP contribution in [0.1, 0.15) is 24.0 Å². The van der Waals surface area contributed by atoms with Crippen LogP contribution in [0.4, 0.5) is 11.4 Å². The largest absolute Gasteiger partial charge is 0.392 e. The summed E-state index contributed by atoms with van der Waals surface area (Å²) < 4.78 is 0. The first-order valence-corrected chi connectivity index (χ1v) is 8.82. The van der Waals surface area contributed by atoms with Crippen LogP contribution in [0, 0.1) is 0 Å². The summed E-state index contributed by atoms with van der Waals surface area (Å²) in [4.78, 5) is 17.1. The van der Waals surface area contributed by atoms with Gasteiger partial charge in [-0.25, -0.2) is 0 Å². The number of carbonyl (C=O) groups excluding carboxylic acids is 1. The fraction of sp³-hybridized carbons (Fsp3) is 0.286. The molecule has 26 heavy (non-hydrogen) atoms. The zero-order chi connectivity index (χ0) is 17.2. The van der Waals surface area contributed by atoms with Gasteiger partial charge in [0.2, 0.25) is 5.91 Å². The number of likely N-dealkylation sites (tertiary alicyclic amines) is 1. The standard InChI is InChI=1S/C21H22N2O2.ClH/c24-18-8-5-13-22(14-18)15-21(25)23-19-9-3-1-6-16(19)11-12-17-7-2-4-10-20(17)23;/h1-4,6-7,9-12,18,24H,5,8,13-15H2;1H. The van der Waals surface area contributed by atoms with Crippen LogP contribution in [0.5, 0.6) is 0 Å². The number of aliphatic hydroxyl groups excluding tert-OH is 1. The van der Waals surface area contributed by atoms with E-state index in [0.29, 0.717) is 13.1 Å². The highest BCUT2D eigenvalue weighted by molar-refractivity contribution is 6.07. The van der Waals surface area contributed by atoms with Crippen molar-refractivity contribution in [2.75, 3.05) is 24.5 Å². The molecule has 2 aliphatic heterocycles. The van der Waals surface area contributed by atoms with Crippen molar-refractivity contribution in [3.8, 4) is 0 Å². The predicted octanol–water partition coefficient (Wildman–Crippen LogP) is 3.71. The second kappa shape index (κ2) is 8.04. The number of hydrogen-bond donors (Lipinski definition) is 1. The Morgan fingerprint density at radius 2 is 1.58 bits per heavy atom. The lowest BCUT2D eigenvalue weighted by atomic mass is 10.1. The summed E-state index contributed by atoms with van der Waals surface area (Å²) >= 11 is 0. The highest BCUT2D eigenvalue weighted by atomic mass is 35.5. The van der Waals surface area contributed by atoms with Crippen LogP contribution in [0.15, 0.2) is 48.5 Å². The van der Waals surface area contributed by atoms with E-state index >= 15 is 0 Å². The fourth-order valence-corrected chi connectivity index (χ4v) is 3.68. The van der Waals surface area contributed by atoms with Crippen molar-refractivity contribution in [1.29, 1.82) is 0 Å². The average Bonchev–Trinajstić information content (AvgIpc) is 2.78. The van der Waals surface area contributed by atoms with E-state index < -0.39 is 0 Å². The van der Waals surface area contributed by atoms with Crippen LogP contribution >= 0.6 is 12.4 Å². The van der Waals surface area contributed by atoms with E-state index in [0.717, 1.165) is 41.9 Å². The van der Waals surface area contributed by atoms with Crippen LogP contribution in [-0.4, -0.2) is 41.7 Å². The van der Waals surface area contributed by atoms with Gasteiger partial charge < -0.3 is 5.11 Å². The van der Waals surface area contributed by atoms with Gasteiger partial charge in [0.25, 0.3) is 0 Å². The third-order valence-corrected chi connectivity index (χ3v) is 4.89. The molecular weight excluding hydrogens is 348 g/mol. The topological polar surface area (TPSA) is 43.8 Å². The summed E-state index contributed by atoms with van der Waals surface area (Å²) in [6.07, 6.45) is 5.55. The maximum absolute atomic E-state index is 13.2. The smallest absolute Gasteiger partial charge is 0.245 e. The number of piperidine rings is 1. The predicted molar refractivity (Wildman–Crippen MR) is 108 cm³/mol. The Hall–Kier alpha value is -2.14. The van der Waals surface area contributed by atoms with Crippen molar-refractivity contribution in [1.82, 2.24) is 4.90 Å². The lowest BCUT2D eigenvalue weighted by Gasteiger charge is -2.32. The molecule has 4 nitrogen and oxygen atoms in total. The minimum Gasteiger partial charge on any atom is -0.392 e. The number of para-hydroxylation sites is 2. The molecule has 1 atom stereocenters. The van der Waals surface area contributed by atoms with Gasteiger partial charge in [0, 0.05) is 6.54 Å². The summed E-state index contributed by atoms with van der Waals surface area (Å²) in [7, 11) is 0. The third-order valence-electron chi connectivity index (χ3n) is 4.89. The minimum absolute atomic E-state index is 0. The molecule has 0 aromatic heterocycles. The van der Waals surface area contributed by atoms with Crippen LogP contribution in [0.25, 0.3) is 12.2 Å². The van der Waals surface area contributed by atoms with E-state index in [1.54, 1.807) is 0 Å². The number of fused-ring (bicyclic) bond motifs is 2. The van der Waals surface area contributed by atoms with Crippen LogP contribution in [0.2, 0.25) is 0 Å². The Labute approximate surface area is 160 Å². The average molecular weight is 371 g/mol. The zero-order valence-electron chi connectivity index (χ0n) is 14.5. The number of amides is 1. The van der Waals surface area contributed by atoms with Gasteiger partial charge in [-0.15, -0.1) is 12.4 Å². The van der Waals surface area contributed by atoms with Crippen LogP contribution < -0.4 is 4.90 Å². The van der Waals surface area contributed by atoms with E-state index in [4.69, 9.17) is 0 Å². The molecule has 4 rings (SSSR count). The summed E-state index contributed by atoms with van der Waals surface area (Å²) in [5.74, 6) is 0.0395. The summed E-state index contributed by atoms with van der Waals surface area (Å²) in [6.45, 7) is 1.75. The lowest BCUT2D eigenvalue weighted by Crippen LogP contribution is -2.44. The van der Waals surface area contributed by atoms with Crippen molar-refractivity contribution in [2.24, 2.45) is 0 Å². The van der Waals surface area contributed by atoms with Crippen LogP contribution in [-0.2, 0) is 4.79 Å². The van der Waals surface area contributed by atoms with E-state index in [2.05, 4.69) is 17.1 Å². The highest BCUT2D eigenvalue weighted by Gasteiger charge is 2.27. The molecule has 1 saturated heterocycles. The minimum atomic E-state index is -0.327. The van der Waals surface area contributed by atoms with Gasteiger partial charge in [-0.05, 0) is 42.6 Å². The molecule has 2 aromatic rings. The van der Waals surface area contributed by atoms with Crippen molar-refractivity contribution in [3.05, 3.63) is 59.7 Å². The van der Waals surface area contributed by atoms with E-state index in [9.17, 15) is 9.90 Å². The number of rotatable bonds is 2. The van der Waals surface area contributed by atoms with Gasteiger partial charge >= 0.3 is 0 Å².